The Morgan fingerprint density at radius 2 is 2.14 bits per heavy atom. The summed E-state index contributed by atoms with van der Waals surface area (Å²) in [7, 11) is 0. The van der Waals surface area contributed by atoms with Crippen molar-refractivity contribution in [1.29, 1.82) is 0 Å². The molecule has 1 aliphatic rings. The second-order valence-electron chi connectivity index (χ2n) is 5.48. The third-order valence-electron chi connectivity index (χ3n) is 3.95. The van der Waals surface area contributed by atoms with Crippen molar-refractivity contribution in [2.45, 2.75) is 19.4 Å². The third-order valence-corrected chi connectivity index (χ3v) is 4.44. The number of rotatable bonds is 4. The van der Waals surface area contributed by atoms with Gasteiger partial charge in [0.15, 0.2) is 0 Å². The average Bonchev–Trinajstić information content (AvgIpc) is 2.97. The van der Waals surface area contributed by atoms with E-state index >= 15 is 0 Å². The molecule has 0 saturated carbocycles. The number of nitrogens with zero attached hydrogens (tertiary/aromatic N) is 3. The molecule has 1 aromatic carbocycles. The highest BCUT2D eigenvalue weighted by molar-refractivity contribution is 9.10. The van der Waals surface area contributed by atoms with Crippen LogP contribution >= 0.6 is 15.9 Å². The zero-order valence-corrected chi connectivity index (χ0v) is 13.4. The fraction of sp³-hybridized carbons (Fsp3) is 0.467. The lowest BCUT2D eigenvalue weighted by Gasteiger charge is -2.30. The number of piperidine rings is 1. The van der Waals surface area contributed by atoms with Crippen LogP contribution in [0.3, 0.4) is 0 Å². The van der Waals surface area contributed by atoms with Crippen LogP contribution < -0.4 is 5.73 Å². The molecule has 0 aliphatic carbocycles. The number of hydrogen-bond acceptors (Lipinski definition) is 5. The third kappa shape index (κ3) is 3.70. The van der Waals surface area contributed by atoms with E-state index in [9.17, 15) is 0 Å². The molecule has 1 aromatic heterocycles. The summed E-state index contributed by atoms with van der Waals surface area (Å²) in [4.78, 5) is 6.84. The highest BCUT2D eigenvalue weighted by Gasteiger charge is 2.20. The van der Waals surface area contributed by atoms with Gasteiger partial charge in [-0.25, -0.2) is 0 Å². The van der Waals surface area contributed by atoms with Crippen LogP contribution in [0.5, 0.6) is 0 Å². The zero-order chi connectivity index (χ0) is 14.7. The lowest BCUT2D eigenvalue weighted by Crippen LogP contribution is -2.35. The summed E-state index contributed by atoms with van der Waals surface area (Å²) in [5.41, 5.74) is 6.68. The number of likely N-dealkylation sites (tertiary alicyclic amines) is 1. The van der Waals surface area contributed by atoms with Crippen LogP contribution in [-0.2, 0) is 6.54 Å². The van der Waals surface area contributed by atoms with Crippen LogP contribution in [0.25, 0.3) is 11.4 Å². The van der Waals surface area contributed by atoms with Gasteiger partial charge in [0, 0.05) is 10.0 Å². The standard InChI is InChI=1S/C15H19BrN4O/c16-13-3-1-2-12(8-13)15-18-14(21-19-15)10-20-6-4-11(9-17)5-7-20/h1-3,8,11H,4-7,9-10,17H2. The summed E-state index contributed by atoms with van der Waals surface area (Å²) in [6.07, 6.45) is 2.31. The molecule has 6 heteroatoms. The maximum Gasteiger partial charge on any atom is 0.241 e. The lowest BCUT2D eigenvalue weighted by molar-refractivity contribution is 0.161. The van der Waals surface area contributed by atoms with Crippen LogP contribution in [0.4, 0.5) is 0 Å². The molecule has 112 valence electrons. The molecule has 2 N–H and O–H groups in total. The van der Waals surface area contributed by atoms with E-state index < -0.39 is 0 Å². The van der Waals surface area contributed by atoms with Gasteiger partial charge in [-0.1, -0.05) is 33.2 Å². The van der Waals surface area contributed by atoms with Gasteiger partial charge in [-0.2, -0.15) is 4.98 Å². The Balaban J connectivity index is 1.63. The molecule has 1 aliphatic heterocycles. The summed E-state index contributed by atoms with van der Waals surface area (Å²) >= 11 is 3.45. The van der Waals surface area contributed by atoms with E-state index in [0.717, 1.165) is 49.1 Å². The monoisotopic (exact) mass is 350 g/mol. The van der Waals surface area contributed by atoms with Crippen molar-refractivity contribution in [3.63, 3.8) is 0 Å². The second kappa shape index (κ2) is 6.68. The highest BCUT2D eigenvalue weighted by atomic mass is 79.9. The molecule has 1 saturated heterocycles. The van der Waals surface area contributed by atoms with Gasteiger partial charge in [0.05, 0.1) is 6.54 Å². The maximum atomic E-state index is 5.72. The van der Waals surface area contributed by atoms with Gasteiger partial charge >= 0.3 is 0 Å². The smallest absolute Gasteiger partial charge is 0.241 e. The Morgan fingerprint density at radius 3 is 2.86 bits per heavy atom. The predicted octanol–water partition coefficient (Wildman–Crippen LogP) is 2.67. The van der Waals surface area contributed by atoms with E-state index in [1.165, 1.54) is 0 Å². The average molecular weight is 351 g/mol. The van der Waals surface area contributed by atoms with Crippen molar-refractivity contribution in [2.75, 3.05) is 19.6 Å². The molecular weight excluding hydrogens is 332 g/mol. The van der Waals surface area contributed by atoms with Gasteiger partial charge in [-0.3, -0.25) is 4.90 Å². The first-order valence-electron chi connectivity index (χ1n) is 7.25. The van der Waals surface area contributed by atoms with Crippen molar-refractivity contribution in [3.05, 3.63) is 34.6 Å². The van der Waals surface area contributed by atoms with Crippen molar-refractivity contribution < 1.29 is 4.52 Å². The van der Waals surface area contributed by atoms with E-state index in [1.54, 1.807) is 0 Å². The van der Waals surface area contributed by atoms with Crippen LogP contribution in [0.15, 0.2) is 33.3 Å². The van der Waals surface area contributed by atoms with Crippen LogP contribution in [0, 0.1) is 5.92 Å². The Bertz CT molecular complexity index is 593. The second-order valence-corrected chi connectivity index (χ2v) is 6.39. The largest absolute Gasteiger partial charge is 0.338 e. The maximum absolute atomic E-state index is 5.72. The first-order chi connectivity index (χ1) is 10.2. The fourth-order valence-corrected chi connectivity index (χ4v) is 3.03. The van der Waals surface area contributed by atoms with Crippen LogP contribution in [-0.4, -0.2) is 34.7 Å². The van der Waals surface area contributed by atoms with Gasteiger partial charge in [-0.15, -0.1) is 0 Å². The quantitative estimate of drug-likeness (QED) is 0.917. The number of halogens is 1. The van der Waals surface area contributed by atoms with E-state index in [4.69, 9.17) is 10.3 Å². The molecule has 2 heterocycles. The minimum atomic E-state index is 0.642. The van der Waals surface area contributed by atoms with E-state index in [1.807, 2.05) is 24.3 Å². The first-order valence-corrected chi connectivity index (χ1v) is 8.05. The Morgan fingerprint density at radius 1 is 1.33 bits per heavy atom. The van der Waals surface area contributed by atoms with Gasteiger partial charge in [0.1, 0.15) is 0 Å². The predicted molar refractivity (Wildman–Crippen MR) is 84.5 cm³/mol. The number of nitrogens with two attached hydrogens (primary N) is 1. The molecule has 0 spiro atoms. The topological polar surface area (TPSA) is 68.2 Å². The summed E-state index contributed by atoms with van der Waals surface area (Å²) in [6, 6.07) is 7.91. The van der Waals surface area contributed by atoms with Gasteiger partial charge in [0.25, 0.3) is 0 Å². The Kier molecular flexibility index (Phi) is 4.67. The van der Waals surface area contributed by atoms with Gasteiger partial charge in [0.2, 0.25) is 11.7 Å². The molecule has 0 atom stereocenters. The van der Waals surface area contributed by atoms with Gasteiger partial charge < -0.3 is 10.3 Å². The van der Waals surface area contributed by atoms with E-state index in [0.29, 0.717) is 17.6 Å². The molecule has 5 nitrogen and oxygen atoms in total. The summed E-state index contributed by atoms with van der Waals surface area (Å²) in [6.45, 7) is 3.62. The van der Waals surface area contributed by atoms with Crippen molar-refractivity contribution in [3.8, 4) is 11.4 Å². The Hall–Kier alpha value is -1.24. The van der Waals surface area contributed by atoms with Gasteiger partial charge in [-0.05, 0) is 50.5 Å². The molecule has 2 aromatic rings. The SMILES string of the molecule is NCC1CCN(Cc2nc(-c3cccc(Br)c3)no2)CC1. The fourth-order valence-electron chi connectivity index (χ4n) is 2.64. The van der Waals surface area contributed by atoms with E-state index in [2.05, 4.69) is 31.0 Å². The normalized spacial score (nSPS) is 17.2. The minimum Gasteiger partial charge on any atom is -0.338 e. The lowest BCUT2D eigenvalue weighted by atomic mass is 9.97. The minimum absolute atomic E-state index is 0.642. The van der Waals surface area contributed by atoms with Crippen molar-refractivity contribution in [2.24, 2.45) is 11.7 Å². The molecule has 0 unspecified atom stereocenters. The van der Waals surface area contributed by atoms with E-state index in [-0.39, 0.29) is 0 Å². The molecule has 0 amide bonds. The first kappa shape index (κ1) is 14.7. The summed E-state index contributed by atoms with van der Waals surface area (Å²) in [5.74, 6) is 1.99. The van der Waals surface area contributed by atoms with Crippen molar-refractivity contribution >= 4 is 15.9 Å². The number of aromatic nitrogens is 2. The zero-order valence-electron chi connectivity index (χ0n) is 11.8. The molecule has 0 bridgehead atoms. The Labute approximate surface area is 132 Å². The molecule has 3 rings (SSSR count). The molecule has 0 radical (unpaired) electrons. The molecule has 21 heavy (non-hydrogen) atoms. The van der Waals surface area contributed by atoms with Crippen molar-refractivity contribution in [1.82, 2.24) is 15.0 Å². The summed E-state index contributed by atoms with van der Waals surface area (Å²) < 4.78 is 6.38. The molecule has 1 fully saturated rings. The highest BCUT2D eigenvalue weighted by Crippen LogP contribution is 2.22. The number of hydrogen-bond donors (Lipinski definition) is 1. The molecular formula is C15H19BrN4O. The van der Waals surface area contributed by atoms with Crippen LogP contribution in [0.1, 0.15) is 18.7 Å². The summed E-state index contributed by atoms with van der Waals surface area (Å²) in [5, 5.41) is 4.07. The number of benzene rings is 1. The van der Waals surface area contributed by atoms with Crippen LogP contribution in [0.2, 0.25) is 0 Å².